The summed E-state index contributed by atoms with van der Waals surface area (Å²) < 4.78 is 4.34. The van der Waals surface area contributed by atoms with E-state index in [0.717, 1.165) is 0 Å². The molecule has 0 unspecified atom stereocenters. The molecule has 0 saturated heterocycles. The second-order valence-electron chi connectivity index (χ2n) is 3.41. The van der Waals surface area contributed by atoms with Crippen molar-refractivity contribution in [3.63, 3.8) is 0 Å². The fraction of sp³-hybridized carbons (Fsp3) is 0.273. The molecule has 1 aliphatic rings. The third kappa shape index (κ3) is 1.53. The number of fused-ring (bicyclic) bond motifs is 1. The van der Waals surface area contributed by atoms with E-state index in [9.17, 15) is 9.59 Å². The molecule has 0 fully saturated rings. The molecule has 0 aliphatic heterocycles. The van der Waals surface area contributed by atoms with Crippen molar-refractivity contribution >= 4 is 12.4 Å². The minimum atomic E-state index is -0.420. The van der Waals surface area contributed by atoms with Gasteiger partial charge in [-0.15, -0.1) is 0 Å². The van der Waals surface area contributed by atoms with Crippen LogP contribution in [0.2, 0.25) is 0 Å². The largest absolute Gasteiger partial charge is 0.395 e. The highest BCUT2D eigenvalue weighted by atomic mass is 16.6. The van der Waals surface area contributed by atoms with Crippen LogP contribution in [-0.2, 0) is 27.2 Å². The maximum Gasteiger partial charge on any atom is 0.317 e. The minimum Gasteiger partial charge on any atom is -0.395 e. The lowest BCUT2D eigenvalue weighted by molar-refractivity contribution is -0.154. The molecule has 0 N–H and O–H groups in total. The van der Waals surface area contributed by atoms with Gasteiger partial charge in [0.2, 0.25) is 0 Å². The fourth-order valence-corrected chi connectivity index (χ4v) is 1.87. The molecule has 0 saturated carbocycles. The Bertz CT molecular complexity index is 346. The van der Waals surface area contributed by atoms with Gasteiger partial charge in [0.1, 0.15) is 0 Å². The Morgan fingerprint density at radius 3 is 2.36 bits per heavy atom. The molecule has 0 amide bonds. The maximum atomic E-state index is 11.3. The Balaban J connectivity index is 2.11. The molecule has 72 valence electrons. The van der Waals surface area contributed by atoms with Gasteiger partial charge in [0.15, 0.2) is 0 Å². The summed E-state index contributed by atoms with van der Waals surface area (Å²) in [5.41, 5.74) is 2.36. The highest BCUT2D eigenvalue weighted by molar-refractivity contribution is 5.80. The molecule has 14 heavy (non-hydrogen) atoms. The number of rotatable bonds is 2. The van der Waals surface area contributed by atoms with Crippen molar-refractivity contribution in [2.45, 2.75) is 12.8 Å². The van der Waals surface area contributed by atoms with Crippen molar-refractivity contribution in [1.29, 1.82) is 0 Å². The third-order valence-electron chi connectivity index (χ3n) is 2.55. The van der Waals surface area contributed by atoms with Crippen LogP contribution in [0.15, 0.2) is 24.3 Å². The zero-order chi connectivity index (χ0) is 9.97. The normalized spacial score (nSPS) is 14.9. The smallest absolute Gasteiger partial charge is 0.317 e. The Morgan fingerprint density at radius 2 is 1.86 bits per heavy atom. The molecule has 0 bridgehead atoms. The molecule has 1 aromatic carbocycles. The number of esters is 1. The number of ether oxygens (including phenoxy) is 1. The van der Waals surface area contributed by atoms with Crippen LogP contribution in [-0.4, -0.2) is 12.4 Å². The van der Waals surface area contributed by atoms with E-state index in [0.29, 0.717) is 12.8 Å². The van der Waals surface area contributed by atoms with Crippen LogP contribution < -0.4 is 0 Å². The minimum absolute atomic E-state index is 0.183. The first-order valence-electron chi connectivity index (χ1n) is 4.52. The molecular weight excluding hydrogens is 180 g/mol. The Labute approximate surface area is 81.7 Å². The van der Waals surface area contributed by atoms with Crippen LogP contribution in [0.25, 0.3) is 0 Å². The summed E-state index contributed by atoms with van der Waals surface area (Å²) in [5, 5.41) is 0. The van der Waals surface area contributed by atoms with Gasteiger partial charge in [-0.05, 0) is 24.0 Å². The van der Waals surface area contributed by atoms with E-state index >= 15 is 0 Å². The van der Waals surface area contributed by atoms with Crippen LogP contribution >= 0.6 is 0 Å². The average molecular weight is 190 g/mol. The summed E-state index contributed by atoms with van der Waals surface area (Å²) in [6.07, 6.45) is 1.37. The van der Waals surface area contributed by atoms with Gasteiger partial charge < -0.3 is 4.74 Å². The Kier molecular flexibility index (Phi) is 2.31. The molecule has 2 rings (SSSR count). The van der Waals surface area contributed by atoms with E-state index < -0.39 is 5.97 Å². The number of carbonyl (C=O) groups excluding carboxylic acids is 2. The Morgan fingerprint density at radius 1 is 1.29 bits per heavy atom. The van der Waals surface area contributed by atoms with Crippen LogP contribution in [0, 0.1) is 5.92 Å². The third-order valence-corrected chi connectivity index (χ3v) is 2.55. The van der Waals surface area contributed by atoms with Gasteiger partial charge in [-0.25, -0.2) is 0 Å². The van der Waals surface area contributed by atoms with Gasteiger partial charge in [0, 0.05) is 0 Å². The zero-order valence-electron chi connectivity index (χ0n) is 7.60. The SMILES string of the molecule is O=COC(=O)C1Cc2ccccc2C1. The molecule has 0 radical (unpaired) electrons. The molecule has 0 aromatic heterocycles. The van der Waals surface area contributed by atoms with Crippen LogP contribution in [0.1, 0.15) is 11.1 Å². The lowest BCUT2D eigenvalue weighted by Gasteiger charge is -2.03. The van der Waals surface area contributed by atoms with E-state index in [-0.39, 0.29) is 12.4 Å². The van der Waals surface area contributed by atoms with Gasteiger partial charge in [-0.2, -0.15) is 0 Å². The van der Waals surface area contributed by atoms with Crippen molar-refractivity contribution < 1.29 is 14.3 Å². The van der Waals surface area contributed by atoms with Crippen LogP contribution in [0.5, 0.6) is 0 Å². The summed E-state index contributed by atoms with van der Waals surface area (Å²) in [4.78, 5) is 21.3. The van der Waals surface area contributed by atoms with Gasteiger partial charge in [0.05, 0.1) is 5.92 Å². The molecule has 1 aromatic rings. The summed E-state index contributed by atoms with van der Waals surface area (Å²) in [5.74, 6) is -0.603. The fourth-order valence-electron chi connectivity index (χ4n) is 1.87. The number of benzene rings is 1. The van der Waals surface area contributed by atoms with Gasteiger partial charge in [-0.1, -0.05) is 24.3 Å². The lowest BCUT2D eigenvalue weighted by atomic mass is 10.1. The zero-order valence-corrected chi connectivity index (χ0v) is 7.60. The van der Waals surface area contributed by atoms with Crippen molar-refractivity contribution in [3.05, 3.63) is 35.4 Å². The first kappa shape index (κ1) is 8.94. The van der Waals surface area contributed by atoms with E-state index in [4.69, 9.17) is 0 Å². The predicted octanol–water partition coefficient (Wildman–Crippen LogP) is 1.10. The highest BCUT2D eigenvalue weighted by Crippen LogP contribution is 2.26. The van der Waals surface area contributed by atoms with Gasteiger partial charge in [-0.3, -0.25) is 9.59 Å². The molecule has 0 spiro atoms. The molecule has 0 heterocycles. The summed E-state index contributed by atoms with van der Waals surface area (Å²) in [7, 11) is 0. The first-order chi connectivity index (χ1) is 6.81. The predicted molar refractivity (Wildman–Crippen MR) is 49.5 cm³/mol. The molecule has 3 nitrogen and oxygen atoms in total. The lowest BCUT2D eigenvalue weighted by Crippen LogP contribution is -2.17. The van der Waals surface area contributed by atoms with Gasteiger partial charge >= 0.3 is 12.4 Å². The van der Waals surface area contributed by atoms with E-state index in [1.54, 1.807) is 0 Å². The average Bonchev–Trinajstić information content (AvgIpc) is 2.61. The molecule has 3 heteroatoms. The van der Waals surface area contributed by atoms with Gasteiger partial charge in [0.25, 0.3) is 0 Å². The summed E-state index contributed by atoms with van der Waals surface area (Å²) in [6.45, 7) is 0.200. The summed E-state index contributed by atoms with van der Waals surface area (Å²) >= 11 is 0. The van der Waals surface area contributed by atoms with E-state index in [2.05, 4.69) is 4.74 Å². The second kappa shape index (κ2) is 3.62. The first-order valence-corrected chi connectivity index (χ1v) is 4.52. The van der Waals surface area contributed by atoms with Crippen LogP contribution in [0.4, 0.5) is 0 Å². The summed E-state index contributed by atoms with van der Waals surface area (Å²) in [6, 6.07) is 7.91. The van der Waals surface area contributed by atoms with Crippen molar-refractivity contribution in [3.8, 4) is 0 Å². The van der Waals surface area contributed by atoms with Crippen molar-refractivity contribution in [2.75, 3.05) is 0 Å². The maximum absolute atomic E-state index is 11.3. The Hall–Kier alpha value is -1.64. The highest BCUT2D eigenvalue weighted by Gasteiger charge is 2.28. The molecule has 0 atom stereocenters. The monoisotopic (exact) mass is 190 g/mol. The molecule has 1 aliphatic carbocycles. The van der Waals surface area contributed by atoms with E-state index in [1.165, 1.54) is 11.1 Å². The number of hydrogen-bond acceptors (Lipinski definition) is 3. The molecular formula is C11H10O3. The number of carbonyl (C=O) groups is 2. The van der Waals surface area contributed by atoms with E-state index in [1.807, 2.05) is 24.3 Å². The van der Waals surface area contributed by atoms with Crippen molar-refractivity contribution in [2.24, 2.45) is 5.92 Å². The second-order valence-corrected chi connectivity index (χ2v) is 3.41. The number of hydrogen-bond donors (Lipinski definition) is 0. The topological polar surface area (TPSA) is 43.4 Å². The van der Waals surface area contributed by atoms with Crippen molar-refractivity contribution in [1.82, 2.24) is 0 Å². The standard InChI is InChI=1S/C11H10O3/c12-7-14-11(13)10-5-8-3-1-2-4-9(8)6-10/h1-4,7,10H,5-6H2. The quantitative estimate of drug-likeness (QED) is 0.398. The van der Waals surface area contributed by atoms with Crippen LogP contribution in [0.3, 0.4) is 0 Å².